The number of aryl methyl sites for hydroxylation is 1. The smallest absolute Gasteiger partial charge is 0.272 e. The third-order valence-corrected chi connectivity index (χ3v) is 5.75. The van der Waals surface area contributed by atoms with E-state index in [-0.39, 0.29) is 5.91 Å². The first kappa shape index (κ1) is 20.5. The van der Waals surface area contributed by atoms with Crippen LogP contribution in [-0.2, 0) is 20.0 Å². The van der Waals surface area contributed by atoms with E-state index < -0.39 is 0 Å². The van der Waals surface area contributed by atoms with Crippen molar-refractivity contribution in [2.45, 2.75) is 13.0 Å². The van der Waals surface area contributed by atoms with Gasteiger partial charge in [-0.25, -0.2) is 4.98 Å². The van der Waals surface area contributed by atoms with E-state index in [0.717, 1.165) is 34.3 Å². The molecule has 0 fully saturated rings. The maximum atomic E-state index is 12.7. The SMILES string of the molecule is Cn1nc(C(=O)NCc2ccc(-n3ccc4c(N)nccc43)cc2)cc1Cc1ccccc1. The Hall–Kier alpha value is -4.39. The van der Waals surface area contributed by atoms with Crippen LogP contribution in [0.4, 0.5) is 5.82 Å². The zero-order chi connectivity index (χ0) is 22.8. The number of fused-ring (bicyclic) bond motifs is 1. The van der Waals surface area contributed by atoms with Crippen LogP contribution >= 0.6 is 0 Å². The Labute approximate surface area is 191 Å². The van der Waals surface area contributed by atoms with E-state index in [2.05, 4.69) is 32.1 Å². The van der Waals surface area contributed by atoms with Crippen molar-refractivity contribution in [1.29, 1.82) is 0 Å². The zero-order valence-electron chi connectivity index (χ0n) is 18.3. The number of aromatic nitrogens is 4. The molecule has 0 radical (unpaired) electrons. The number of nitrogens with one attached hydrogen (secondary N) is 1. The molecule has 0 bridgehead atoms. The molecule has 3 N–H and O–H groups in total. The lowest BCUT2D eigenvalue weighted by atomic mass is 10.1. The van der Waals surface area contributed by atoms with Crippen molar-refractivity contribution in [1.82, 2.24) is 24.6 Å². The number of hydrogen-bond donors (Lipinski definition) is 2. The predicted octanol–water partition coefficient (Wildman–Crippen LogP) is 3.86. The van der Waals surface area contributed by atoms with Crippen molar-refractivity contribution in [3.8, 4) is 5.69 Å². The van der Waals surface area contributed by atoms with Gasteiger partial charge in [-0.15, -0.1) is 0 Å². The molecule has 5 aromatic rings. The zero-order valence-corrected chi connectivity index (χ0v) is 18.3. The molecule has 164 valence electrons. The normalized spacial score (nSPS) is 11.1. The molecule has 7 nitrogen and oxygen atoms in total. The molecule has 0 aliphatic rings. The number of pyridine rings is 1. The second kappa shape index (κ2) is 8.63. The van der Waals surface area contributed by atoms with Gasteiger partial charge in [-0.05, 0) is 41.5 Å². The summed E-state index contributed by atoms with van der Waals surface area (Å²) in [5.74, 6) is 0.334. The van der Waals surface area contributed by atoms with Crippen LogP contribution in [-0.4, -0.2) is 25.2 Å². The Morgan fingerprint density at radius 3 is 2.58 bits per heavy atom. The second-order valence-electron chi connectivity index (χ2n) is 7.97. The van der Waals surface area contributed by atoms with Gasteiger partial charge >= 0.3 is 0 Å². The molecule has 0 aliphatic carbocycles. The fourth-order valence-electron chi connectivity index (χ4n) is 3.95. The summed E-state index contributed by atoms with van der Waals surface area (Å²) in [6.07, 6.45) is 4.42. The third kappa shape index (κ3) is 4.21. The van der Waals surface area contributed by atoms with Gasteiger partial charge in [0.05, 0.1) is 5.52 Å². The van der Waals surface area contributed by atoms with Crippen LogP contribution in [0.3, 0.4) is 0 Å². The summed E-state index contributed by atoms with van der Waals surface area (Å²) in [5.41, 5.74) is 11.6. The molecule has 0 saturated carbocycles. The van der Waals surface area contributed by atoms with Crippen molar-refractivity contribution in [3.63, 3.8) is 0 Å². The molecule has 7 heteroatoms. The van der Waals surface area contributed by atoms with Gasteiger partial charge in [-0.1, -0.05) is 42.5 Å². The monoisotopic (exact) mass is 436 g/mol. The minimum Gasteiger partial charge on any atom is -0.383 e. The lowest BCUT2D eigenvalue weighted by molar-refractivity contribution is 0.0945. The van der Waals surface area contributed by atoms with E-state index in [0.29, 0.717) is 18.1 Å². The van der Waals surface area contributed by atoms with Crippen LogP contribution in [0.25, 0.3) is 16.6 Å². The fraction of sp³-hybridized carbons (Fsp3) is 0.115. The molecule has 0 atom stereocenters. The largest absolute Gasteiger partial charge is 0.383 e. The maximum Gasteiger partial charge on any atom is 0.272 e. The van der Waals surface area contributed by atoms with Gasteiger partial charge in [0.1, 0.15) is 11.5 Å². The van der Waals surface area contributed by atoms with Crippen LogP contribution in [0.2, 0.25) is 0 Å². The average Bonchev–Trinajstić information content (AvgIpc) is 3.43. The molecule has 5 rings (SSSR count). The average molecular weight is 437 g/mol. The number of hydrogen-bond acceptors (Lipinski definition) is 4. The van der Waals surface area contributed by atoms with E-state index in [4.69, 9.17) is 5.73 Å². The minimum atomic E-state index is -0.187. The molecule has 0 unspecified atom stereocenters. The topological polar surface area (TPSA) is 90.8 Å². The van der Waals surface area contributed by atoms with Gasteiger partial charge in [-0.3, -0.25) is 9.48 Å². The molecule has 33 heavy (non-hydrogen) atoms. The van der Waals surface area contributed by atoms with E-state index in [1.54, 1.807) is 10.9 Å². The molecule has 0 aliphatic heterocycles. The fourth-order valence-corrected chi connectivity index (χ4v) is 3.95. The van der Waals surface area contributed by atoms with E-state index in [1.807, 2.05) is 73.9 Å². The molecule has 0 spiro atoms. The number of nitrogen functional groups attached to an aromatic ring is 1. The van der Waals surface area contributed by atoms with Crippen molar-refractivity contribution in [2.24, 2.45) is 7.05 Å². The third-order valence-electron chi connectivity index (χ3n) is 5.75. The highest BCUT2D eigenvalue weighted by atomic mass is 16.1. The Morgan fingerprint density at radius 2 is 1.79 bits per heavy atom. The molecule has 1 amide bonds. The number of benzene rings is 2. The van der Waals surface area contributed by atoms with Crippen molar-refractivity contribution in [2.75, 3.05) is 5.73 Å². The van der Waals surface area contributed by atoms with Gasteiger partial charge in [0, 0.05) is 49.2 Å². The molecule has 3 aromatic heterocycles. The summed E-state index contributed by atoms with van der Waals surface area (Å²) < 4.78 is 3.83. The van der Waals surface area contributed by atoms with Gasteiger partial charge in [0.15, 0.2) is 0 Å². The Bertz CT molecular complexity index is 1420. The van der Waals surface area contributed by atoms with Gasteiger partial charge in [0.2, 0.25) is 0 Å². The lowest BCUT2D eigenvalue weighted by Crippen LogP contribution is -2.23. The van der Waals surface area contributed by atoms with Crippen LogP contribution in [0.5, 0.6) is 0 Å². The quantitative estimate of drug-likeness (QED) is 0.423. The van der Waals surface area contributed by atoms with Gasteiger partial charge in [-0.2, -0.15) is 5.10 Å². The molecule has 2 aromatic carbocycles. The summed E-state index contributed by atoms with van der Waals surface area (Å²) in [4.78, 5) is 16.8. The van der Waals surface area contributed by atoms with Crippen LogP contribution in [0.15, 0.2) is 85.2 Å². The lowest BCUT2D eigenvalue weighted by Gasteiger charge is -2.08. The second-order valence-corrected chi connectivity index (χ2v) is 7.97. The number of rotatable bonds is 6. The summed E-state index contributed by atoms with van der Waals surface area (Å²) in [6, 6.07) is 24.0. The van der Waals surface area contributed by atoms with Crippen LogP contribution in [0, 0.1) is 0 Å². The minimum absolute atomic E-state index is 0.187. The molecular weight excluding hydrogens is 412 g/mol. The first-order valence-electron chi connectivity index (χ1n) is 10.7. The highest BCUT2D eigenvalue weighted by Crippen LogP contribution is 2.23. The van der Waals surface area contributed by atoms with Crippen molar-refractivity contribution in [3.05, 3.63) is 108 Å². The summed E-state index contributed by atoms with van der Waals surface area (Å²) in [7, 11) is 1.86. The summed E-state index contributed by atoms with van der Waals surface area (Å²) >= 11 is 0. The van der Waals surface area contributed by atoms with E-state index in [1.165, 1.54) is 5.56 Å². The Balaban J connectivity index is 1.25. The first-order valence-corrected chi connectivity index (χ1v) is 10.7. The number of carbonyl (C=O) groups excluding carboxylic acids is 1. The Kier molecular flexibility index (Phi) is 5.36. The summed E-state index contributed by atoms with van der Waals surface area (Å²) in [5, 5.41) is 8.28. The number of amides is 1. The van der Waals surface area contributed by atoms with E-state index in [9.17, 15) is 4.79 Å². The van der Waals surface area contributed by atoms with Gasteiger partial charge in [0.25, 0.3) is 5.91 Å². The number of nitrogens with zero attached hydrogens (tertiary/aromatic N) is 4. The first-order chi connectivity index (χ1) is 16.1. The molecule has 0 saturated heterocycles. The summed E-state index contributed by atoms with van der Waals surface area (Å²) in [6.45, 7) is 0.424. The van der Waals surface area contributed by atoms with Crippen molar-refractivity contribution >= 4 is 22.6 Å². The van der Waals surface area contributed by atoms with Crippen molar-refractivity contribution < 1.29 is 4.79 Å². The highest BCUT2D eigenvalue weighted by Gasteiger charge is 2.13. The number of carbonyl (C=O) groups is 1. The van der Waals surface area contributed by atoms with Crippen LogP contribution < -0.4 is 11.1 Å². The van der Waals surface area contributed by atoms with E-state index >= 15 is 0 Å². The molecule has 3 heterocycles. The standard InChI is InChI=1S/C26H24N6O/c1-31-21(15-18-5-3-2-4-6-18)16-23(30-31)26(33)29-17-19-7-9-20(10-8-19)32-14-12-22-24(32)11-13-28-25(22)27/h2-14,16H,15,17H2,1H3,(H2,27,28)(H,29,33). The molecular formula is C26H24N6O. The maximum absolute atomic E-state index is 12.7. The number of anilines is 1. The van der Waals surface area contributed by atoms with Gasteiger partial charge < -0.3 is 15.6 Å². The Morgan fingerprint density at radius 1 is 1.00 bits per heavy atom. The highest BCUT2D eigenvalue weighted by molar-refractivity contribution is 5.92. The predicted molar refractivity (Wildman–Crippen MR) is 129 cm³/mol. The van der Waals surface area contributed by atoms with Crippen LogP contribution in [0.1, 0.15) is 27.3 Å². The number of nitrogens with two attached hydrogens (primary N) is 1.